The molecule has 1 aliphatic rings. The van der Waals surface area contributed by atoms with Gasteiger partial charge in [0.05, 0.1) is 11.6 Å². The highest BCUT2D eigenvalue weighted by molar-refractivity contribution is 5.77. The van der Waals surface area contributed by atoms with Gasteiger partial charge in [0.2, 0.25) is 5.82 Å². The summed E-state index contributed by atoms with van der Waals surface area (Å²) in [6.45, 7) is 6.14. The summed E-state index contributed by atoms with van der Waals surface area (Å²) in [5.74, 6) is -1.90. The lowest BCUT2D eigenvalue weighted by molar-refractivity contribution is -0.138. The van der Waals surface area contributed by atoms with E-state index in [1.165, 1.54) is 12.1 Å². The maximum atomic E-state index is 15.4. The molecule has 3 atom stereocenters. The number of carboxylic acid groups (broad SMARTS) is 1. The first-order valence-electron chi connectivity index (χ1n) is 10.4. The SMILES string of the molecule is CC(C)C[C@@H](Nc1ncnc(N2CC(C)CC2c2ccc(C(F)(F)F)cc2)c1F)C(=O)O. The number of hydrogen-bond donors (Lipinski definition) is 2. The van der Waals surface area contributed by atoms with Gasteiger partial charge in [0.15, 0.2) is 11.6 Å². The summed E-state index contributed by atoms with van der Waals surface area (Å²) in [4.78, 5) is 21.2. The summed E-state index contributed by atoms with van der Waals surface area (Å²) in [5.41, 5.74) is -0.124. The lowest BCUT2D eigenvalue weighted by atomic mass is 9.99. The predicted octanol–water partition coefficient (Wildman–Crippen LogP) is 5.13. The molecule has 2 aromatic rings. The van der Waals surface area contributed by atoms with Crippen molar-refractivity contribution in [3.05, 3.63) is 47.5 Å². The largest absolute Gasteiger partial charge is 0.480 e. The van der Waals surface area contributed by atoms with Crippen molar-refractivity contribution >= 4 is 17.6 Å². The van der Waals surface area contributed by atoms with Gasteiger partial charge in [-0.25, -0.2) is 14.8 Å². The van der Waals surface area contributed by atoms with Crippen molar-refractivity contribution in [1.29, 1.82) is 0 Å². The minimum atomic E-state index is -4.43. The number of aliphatic carboxylic acids is 1. The number of rotatable bonds is 7. The first kappa shape index (κ1) is 23.7. The van der Waals surface area contributed by atoms with Crippen LogP contribution in [0.3, 0.4) is 0 Å². The van der Waals surface area contributed by atoms with Crippen LogP contribution in [-0.4, -0.2) is 33.6 Å². The van der Waals surface area contributed by atoms with Crippen LogP contribution in [0.1, 0.15) is 50.8 Å². The number of benzene rings is 1. The highest BCUT2D eigenvalue weighted by Gasteiger charge is 2.36. The number of anilines is 2. The monoisotopic (exact) mass is 454 g/mol. The molecule has 6 nitrogen and oxygen atoms in total. The molecule has 1 saturated heterocycles. The Bertz CT molecular complexity index is 950. The number of aromatic nitrogens is 2. The van der Waals surface area contributed by atoms with E-state index in [4.69, 9.17) is 0 Å². The van der Waals surface area contributed by atoms with Gasteiger partial charge < -0.3 is 15.3 Å². The molecule has 2 unspecified atom stereocenters. The molecule has 0 radical (unpaired) electrons. The maximum absolute atomic E-state index is 15.4. The Kier molecular flexibility index (Phi) is 6.90. The third kappa shape index (κ3) is 5.28. The van der Waals surface area contributed by atoms with Crippen LogP contribution in [0.2, 0.25) is 0 Å². The van der Waals surface area contributed by atoms with Crippen LogP contribution < -0.4 is 10.2 Å². The number of carboxylic acids is 1. The van der Waals surface area contributed by atoms with Gasteiger partial charge in [-0.1, -0.05) is 32.9 Å². The van der Waals surface area contributed by atoms with Crippen molar-refractivity contribution in [3.63, 3.8) is 0 Å². The Hall–Kier alpha value is -2.91. The van der Waals surface area contributed by atoms with Gasteiger partial charge in [0.1, 0.15) is 12.4 Å². The van der Waals surface area contributed by atoms with Crippen molar-refractivity contribution < 1.29 is 27.5 Å². The average molecular weight is 454 g/mol. The molecular formula is C22H26F4N4O2. The molecule has 10 heteroatoms. The van der Waals surface area contributed by atoms with Crippen LogP contribution in [0.15, 0.2) is 30.6 Å². The Labute approximate surface area is 183 Å². The standard InChI is InChI=1S/C22H26F4N4O2/c1-12(2)8-16(21(31)32)29-19-18(23)20(28-11-27-19)30-10-13(3)9-17(30)14-4-6-15(7-5-14)22(24,25)26/h4-7,11-13,16-17H,8-10H2,1-3H3,(H,31,32)(H,27,28,29)/t13?,16-,17?/m1/s1. The van der Waals surface area contributed by atoms with Crippen LogP contribution in [0.5, 0.6) is 0 Å². The summed E-state index contributed by atoms with van der Waals surface area (Å²) in [7, 11) is 0. The van der Waals surface area contributed by atoms with E-state index < -0.39 is 29.6 Å². The van der Waals surface area contributed by atoms with Crippen LogP contribution in [-0.2, 0) is 11.0 Å². The van der Waals surface area contributed by atoms with Gasteiger partial charge in [-0.15, -0.1) is 0 Å². The molecule has 0 aliphatic carbocycles. The molecular weight excluding hydrogens is 428 g/mol. The van der Waals surface area contributed by atoms with Crippen molar-refractivity contribution in [1.82, 2.24) is 9.97 Å². The topological polar surface area (TPSA) is 78.4 Å². The average Bonchev–Trinajstić information content (AvgIpc) is 3.09. The normalized spacial score (nSPS) is 19.9. The zero-order valence-electron chi connectivity index (χ0n) is 18.0. The molecule has 3 rings (SSSR count). The lowest BCUT2D eigenvalue weighted by Crippen LogP contribution is -2.32. The maximum Gasteiger partial charge on any atom is 0.416 e. The fourth-order valence-electron chi connectivity index (χ4n) is 4.01. The van der Waals surface area contributed by atoms with Crippen molar-refractivity contribution in [2.24, 2.45) is 11.8 Å². The summed E-state index contributed by atoms with van der Waals surface area (Å²) in [5, 5.41) is 12.1. The second kappa shape index (κ2) is 9.30. The zero-order valence-corrected chi connectivity index (χ0v) is 18.0. The molecule has 1 aromatic heterocycles. The lowest BCUT2D eigenvalue weighted by Gasteiger charge is -2.27. The Morgan fingerprint density at radius 2 is 1.91 bits per heavy atom. The Morgan fingerprint density at radius 3 is 2.47 bits per heavy atom. The summed E-state index contributed by atoms with van der Waals surface area (Å²) in [6, 6.07) is 3.46. The molecule has 0 saturated carbocycles. The molecule has 0 bridgehead atoms. The fraction of sp³-hybridized carbons (Fsp3) is 0.500. The van der Waals surface area contributed by atoms with E-state index >= 15 is 4.39 Å². The molecule has 2 heterocycles. The van der Waals surface area contributed by atoms with E-state index in [0.29, 0.717) is 18.5 Å². The van der Waals surface area contributed by atoms with E-state index in [2.05, 4.69) is 15.3 Å². The first-order valence-corrected chi connectivity index (χ1v) is 10.4. The van der Waals surface area contributed by atoms with Crippen molar-refractivity contribution in [3.8, 4) is 0 Å². The Morgan fingerprint density at radius 1 is 1.25 bits per heavy atom. The fourth-order valence-corrected chi connectivity index (χ4v) is 4.01. The van der Waals surface area contributed by atoms with Crippen LogP contribution >= 0.6 is 0 Å². The van der Waals surface area contributed by atoms with Crippen LogP contribution in [0.25, 0.3) is 0 Å². The molecule has 2 N–H and O–H groups in total. The number of alkyl halides is 3. The molecule has 1 aliphatic heterocycles. The van der Waals surface area contributed by atoms with Crippen molar-refractivity contribution in [2.45, 2.75) is 51.9 Å². The van der Waals surface area contributed by atoms with Gasteiger partial charge in [-0.05, 0) is 42.4 Å². The summed E-state index contributed by atoms with van der Waals surface area (Å²) >= 11 is 0. The number of halogens is 4. The van der Waals surface area contributed by atoms with E-state index in [-0.39, 0.29) is 35.9 Å². The van der Waals surface area contributed by atoms with Gasteiger partial charge >= 0.3 is 12.1 Å². The number of carbonyl (C=O) groups is 1. The molecule has 174 valence electrons. The van der Waals surface area contributed by atoms with E-state index in [0.717, 1.165) is 18.5 Å². The van der Waals surface area contributed by atoms with Crippen molar-refractivity contribution in [2.75, 3.05) is 16.8 Å². The zero-order chi connectivity index (χ0) is 23.6. The third-order valence-electron chi connectivity index (χ3n) is 5.49. The molecule has 0 amide bonds. The quantitative estimate of drug-likeness (QED) is 0.565. The molecule has 1 aromatic carbocycles. The molecule has 1 fully saturated rings. The number of hydrogen-bond acceptors (Lipinski definition) is 5. The second-order valence-electron chi connectivity index (χ2n) is 8.65. The second-order valence-corrected chi connectivity index (χ2v) is 8.65. The summed E-state index contributed by atoms with van der Waals surface area (Å²) < 4.78 is 54.1. The van der Waals surface area contributed by atoms with Gasteiger partial charge in [-0.3, -0.25) is 0 Å². The highest BCUT2D eigenvalue weighted by Crippen LogP contribution is 2.40. The summed E-state index contributed by atoms with van der Waals surface area (Å²) in [6.07, 6.45) is -2.38. The Balaban J connectivity index is 1.90. The smallest absolute Gasteiger partial charge is 0.416 e. The first-order chi connectivity index (χ1) is 15.0. The van der Waals surface area contributed by atoms with Gasteiger partial charge in [0, 0.05) is 6.54 Å². The minimum absolute atomic E-state index is 0.00886. The number of nitrogens with one attached hydrogen (secondary N) is 1. The van der Waals surface area contributed by atoms with Crippen LogP contribution in [0.4, 0.5) is 29.2 Å². The number of nitrogens with zero attached hydrogens (tertiary/aromatic N) is 3. The van der Waals surface area contributed by atoms with E-state index in [1.807, 2.05) is 20.8 Å². The molecule has 32 heavy (non-hydrogen) atoms. The molecule has 0 spiro atoms. The van der Waals surface area contributed by atoms with Gasteiger partial charge in [0.25, 0.3) is 0 Å². The van der Waals surface area contributed by atoms with E-state index in [9.17, 15) is 23.1 Å². The van der Waals surface area contributed by atoms with Crippen LogP contribution in [0, 0.1) is 17.7 Å². The van der Waals surface area contributed by atoms with Gasteiger partial charge in [-0.2, -0.15) is 17.6 Å². The highest BCUT2D eigenvalue weighted by atomic mass is 19.4. The minimum Gasteiger partial charge on any atom is -0.480 e. The third-order valence-corrected chi connectivity index (χ3v) is 5.49. The van der Waals surface area contributed by atoms with E-state index in [1.54, 1.807) is 4.90 Å². The predicted molar refractivity (Wildman–Crippen MR) is 112 cm³/mol.